The largest absolute Gasteiger partial charge is 0.384 e. The monoisotopic (exact) mass is 311 g/mol. The maximum absolute atomic E-state index is 13.4. The third kappa shape index (κ3) is 2.87. The Bertz CT molecular complexity index is 794. The van der Waals surface area contributed by atoms with Crippen LogP contribution in [0.3, 0.4) is 0 Å². The molecule has 0 unspecified atom stereocenters. The molecule has 2 rings (SSSR count). The van der Waals surface area contributed by atoms with Gasteiger partial charge in [0, 0.05) is 5.69 Å². The fourth-order valence-electron chi connectivity index (χ4n) is 1.94. The van der Waals surface area contributed by atoms with Gasteiger partial charge in [-0.05, 0) is 32.0 Å². The van der Waals surface area contributed by atoms with E-state index in [0.717, 1.165) is 6.07 Å². The number of aryl methyl sites for hydroxylation is 2. The smallest absolute Gasteiger partial charge is 0.265 e. The van der Waals surface area contributed by atoms with Crippen LogP contribution in [0.25, 0.3) is 0 Å². The van der Waals surface area contributed by atoms with Crippen LogP contribution in [-0.2, 0) is 10.0 Å². The Morgan fingerprint density at radius 3 is 2.62 bits per heavy atom. The van der Waals surface area contributed by atoms with Crippen molar-refractivity contribution >= 4 is 21.5 Å². The molecule has 0 fully saturated rings. The van der Waals surface area contributed by atoms with Crippen molar-refractivity contribution in [1.82, 2.24) is 10.2 Å². The van der Waals surface area contributed by atoms with Crippen LogP contribution >= 0.6 is 0 Å². The number of nitrogens with zero attached hydrogens (tertiary/aromatic N) is 1. The molecule has 0 aliphatic rings. The predicted molar refractivity (Wildman–Crippen MR) is 76.3 cm³/mol. The van der Waals surface area contributed by atoms with Gasteiger partial charge in [-0.15, -0.1) is 0 Å². The summed E-state index contributed by atoms with van der Waals surface area (Å²) in [5.74, 6) is -1.18. The molecule has 5 N–H and O–H groups in total. The van der Waals surface area contributed by atoms with E-state index in [1.807, 2.05) is 0 Å². The second kappa shape index (κ2) is 5.17. The first-order chi connectivity index (χ1) is 9.72. The standard InChI is InChI=1S/C12H14FN5O2S/c1-6-11(7(2)17-16-6)21(19,20)18-8-3-4-10(13)9(5-8)12(14)15/h3-5,18H,1-2H3,(H3,14,15)(H,16,17). The average molecular weight is 311 g/mol. The first-order valence-electron chi connectivity index (χ1n) is 5.90. The molecular formula is C12H14FN5O2S. The highest BCUT2D eigenvalue weighted by atomic mass is 32.2. The summed E-state index contributed by atoms with van der Waals surface area (Å²) in [4.78, 5) is 0.0381. The average Bonchev–Trinajstić information content (AvgIpc) is 2.71. The van der Waals surface area contributed by atoms with Gasteiger partial charge in [0.15, 0.2) is 0 Å². The molecule has 0 amide bonds. The Kier molecular flexibility index (Phi) is 3.69. The number of hydrogen-bond acceptors (Lipinski definition) is 4. The van der Waals surface area contributed by atoms with Gasteiger partial charge >= 0.3 is 0 Å². The van der Waals surface area contributed by atoms with Crippen LogP contribution in [0.1, 0.15) is 17.0 Å². The minimum Gasteiger partial charge on any atom is -0.384 e. The van der Waals surface area contributed by atoms with Crippen molar-refractivity contribution in [3.05, 3.63) is 41.0 Å². The Hall–Kier alpha value is -2.42. The maximum Gasteiger partial charge on any atom is 0.265 e. The van der Waals surface area contributed by atoms with E-state index >= 15 is 0 Å². The van der Waals surface area contributed by atoms with E-state index in [0.29, 0.717) is 11.4 Å². The Morgan fingerprint density at radius 2 is 2.10 bits per heavy atom. The lowest BCUT2D eigenvalue weighted by molar-refractivity contribution is 0.600. The van der Waals surface area contributed by atoms with Gasteiger partial charge in [0.2, 0.25) is 0 Å². The molecule has 21 heavy (non-hydrogen) atoms. The molecule has 112 valence electrons. The molecule has 0 spiro atoms. The van der Waals surface area contributed by atoms with E-state index < -0.39 is 21.7 Å². The molecule has 2 aromatic rings. The normalized spacial score (nSPS) is 11.4. The lowest BCUT2D eigenvalue weighted by Crippen LogP contribution is -2.17. The van der Waals surface area contributed by atoms with E-state index in [2.05, 4.69) is 14.9 Å². The number of H-pyrrole nitrogens is 1. The molecule has 0 bridgehead atoms. The molecule has 0 aliphatic carbocycles. The van der Waals surface area contributed by atoms with Crippen molar-refractivity contribution in [1.29, 1.82) is 5.41 Å². The lowest BCUT2D eigenvalue weighted by atomic mass is 10.2. The summed E-state index contributed by atoms with van der Waals surface area (Å²) in [6.45, 7) is 3.14. The summed E-state index contributed by atoms with van der Waals surface area (Å²) in [5.41, 5.74) is 5.91. The number of sulfonamides is 1. The molecule has 0 radical (unpaired) electrons. The summed E-state index contributed by atoms with van der Waals surface area (Å²) >= 11 is 0. The molecule has 9 heteroatoms. The summed E-state index contributed by atoms with van der Waals surface area (Å²) in [5, 5.41) is 13.7. The Morgan fingerprint density at radius 1 is 1.43 bits per heavy atom. The van der Waals surface area contributed by atoms with Crippen molar-refractivity contribution in [2.24, 2.45) is 5.73 Å². The predicted octanol–water partition coefficient (Wildman–Crippen LogP) is 1.25. The van der Waals surface area contributed by atoms with E-state index in [9.17, 15) is 12.8 Å². The number of halogens is 1. The van der Waals surface area contributed by atoms with Crippen molar-refractivity contribution in [2.45, 2.75) is 18.7 Å². The molecule has 1 aromatic heterocycles. The van der Waals surface area contributed by atoms with Gasteiger partial charge in [-0.3, -0.25) is 15.2 Å². The third-order valence-corrected chi connectivity index (χ3v) is 4.48. The third-order valence-electron chi connectivity index (χ3n) is 2.84. The number of hydrogen-bond donors (Lipinski definition) is 4. The van der Waals surface area contributed by atoms with Gasteiger partial charge in [0.25, 0.3) is 10.0 Å². The van der Waals surface area contributed by atoms with E-state index in [1.165, 1.54) is 12.1 Å². The topological polar surface area (TPSA) is 125 Å². The maximum atomic E-state index is 13.4. The number of nitrogens with one attached hydrogen (secondary N) is 3. The van der Waals surface area contributed by atoms with Crippen molar-refractivity contribution < 1.29 is 12.8 Å². The van der Waals surface area contributed by atoms with Gasteiger partial charge in [-0.1, -0.05) is 0 Å². The Labute approximate surface area is 120 Å². The zero-order valence-electron chi connectivity index (χ0n) is 11.4. The molecule has 0 aliphatic heterocycles. The number of nitrogen functional groups attached to an aromatic ring is 1. The number of nitrogens with two attached hydrogens (primary N) is 1. The van der Waals surface area contributed by atoms with Gasteiger partial charge < -0.3 is 5.73 Å². The molecule has 0 saturated heterocycles. The van der Waals surface area contributed by atoms with E-state index in [1.54, 1.807) is 13.8 Å². The summed E-state index contributed by atoms with van der Waals surface area (Å²) in [6, 6.07) is 3.47. The van der Waals surface area contributed by atoms with Crippen molar-refractivity contribution in [3.8, 4) is 0 Å². The highest BCUT2D eigenvalue weighted by Gasteiger charge is 2.22. The SMILES string of the molecule is Cc1n[nH]c(C)c1S(=O)(=O)Nc1ccc(F)c(C(=N)N)c1. The second-order valence-corrected chi connectivity index (χ2v) is 6.10. The molecule has 0 saturated carbocycles. The Balaban J connectivity index is 2.42. The number of benzene rings is 1. The number of rotatable bonds is 4. The van der Waals surface area contributed by atoms with Gasteiger partial charge in [0.05, 0.1) is 17.0 Å². The van der Waals surface area contributed by atoms with Gasteiger partial charge in [0.1, 0.15) is 16.5 Å². The van der Waals surface area contributed by atoms with Crippen LogP contribution in [0, 0.1) is 25.1 Å². The number of anilines is 1. The number of aromatic nitrogens is 2. The van der Waals surface area contributed by atoms with Crippen LogP contribution in [0.2, 0.25) is 0 Å². The minimum atomic E-state index is -3.86. The van der Waals surface area contributed by atoms with Crippen LogP contribution < -0.4 is 10.5 Å². The zero-order valence-corrected chi connectivity index (χ0v) is 12.2. The molecule has 1 heterocycles. The molecule has 0 atom stereocenters. The first-order valence-corrected chi connectivity index (χ1v) is 7.39. The van der Waals surface area contributed by atoms with Crippen LogP contribution in [-0.4, -0.2) is 24.5 Å². The van der Waals surface area contributed by atoms with Gasteiger partial charge in [-0.25, -0.2) is 12.8 Å². The molecular weight excluding hydrogens is 297 g/mol. The quantitative estimate of drug-likeness (QED) is 0.501. The zero-order chi connectivity index (χ0) is 15.8. The van der Waals surface area contributed by atoms with Crippen LogP contribution in [0.5, 0.6) is 0 Å². The fourth-order valence-corrected chi connectivity index (χ4v) is 3.36. The lowest BCUT2D eigenvalue weighted by Gasteiger charge is -2.10. The van der Waals surface area contributed by atoms with E-state index in [-0.39, 0.29) is 16.1 Å². The fraction of sp³-hybridized carbons (Fsp3) is 0.167. The van der Waals surface area contributed by atoms with Gasteiger partial charge in [-0.2, -0.15) is 5.10 Å². The molecule has 1 aromatic carbocycles. The van der Waals surface area contributed by atoms with E-state index in [4.69, 9.17) is 11.1 Å². The molecule has 7 nitrogen and oxygen atoms in total. The summed E-state index contributed by atoms with van der Waals surface area (Å²) in [7, 11) is -3.86. The summed E-state index contributed by atoms with van der Waals surface area (Å²) < 4.78 is 40.4. The number of aromatic amines is 1. The van der Waals surface area contributed by atoms with Crippen LogP contribution in [0.4, 0.5) is 10.1 Å². The second-order valence-electron chi connectivity index (χ2n) is 4.48. The number of amidine groups is 1. The first kappa shape index (κ1) is 15.0. The highest BCUT2D eigenvalue weighted by molar-refractivity contribution is 7.92. The van der Waals surface area contributed by atoms with Crippen molar-refractivity contribution in [3.63, 3.8) is 0 Å². The van der Waals surface area contributed by atoms with Crippen LogP contribution in [0.15, 0.2) is 23.1 Å². The summed E-state index contributed by atoms with van der Waals surface area (Å²) in [6.07, 6.45) is 0. The minimum absolute atomic E-state index is 0.0381. The van der Waals surface area contributed by atoms with Crippen molar-refractivity contribution in [2.75, 3.05) is 4.72 Å². The highest BCUT2D eigenvalue weighted by Crippen LogP contribution is 2.22.